The van der Waals surface area contributed by atoms with Gasteiger partial charge in [-0.1, -0.05) is 30.3 Å². The number of ketones is 1. The summed E-state index contributed by atoms with van der Waals surface area (Å²) in [5.41, 5.74) is 1.33. The highest BCUT2D eigenvalue weighted by atomic mass is 16.1. The molecule has 0 radical (unpaired) electrons. The molecule has 72 valence electrons. The average Bonchev–Trinajstić information content (AvgIpc) is 2.10. The van der Waals surface area contributed by atoms with Crippen LogP contribution in [0.5, 0.6) is 0 Å². The van der Waals surface area contributed by atoms with Gasteiger partial charge in [-0.15, -0.1) is 0 Å². The summed E-state index contributed by atoms with van der Waals surface area (Å²) in [6.07, 6.45) is 4.72. The molecule has 4 rings (SSSR count). The first kappa shape index (κ1) is 8.22. The Balaban J connectivity index is 1.71. The number of hydrogen-bond acceptors (Lipinski definition) is 1. The third-order valence-electron chi connectivity index (χ3n) is 3.80. The average molecular weight is 186 g/mol. The zero-order valence-corrected chi connectivity index (χ0v) is 8.20. The monoisotopic (exact) mass is 186 g/mol. The van der Waals surface area contributed by atoms with Crippen LogP contribution in [0.25, 0.3) is 0 Å². The quantitative estimate of drug-likeness (QED) is 0.663. The largest absolute Gasteiger partial charge is 0.294 e. The molecule has 1 heteroatoms. The Hall–Kier alpha value is -1.11. The van der Waals surface area contributed by atoms with Gasteiger partial charge in [0.15, 0.2) is 5.78 Å². The van der Waals surface area contributed by atoms with Crippen molar-refractivity contribution in [2.45, 2.75) is 25.7 Å². The van der Waals surface area contributed by atoms with Crippen LogP contribution in [0, 0.1) is 11.3 Å². The van der Waals surface area contributed by atoms with Crippen molar-refractivity contribution in [1.82, 2.24) is 0 Å². The van der Waals surface area contributed by atoms with Gasteiger partial charge < -0.3 is 0 Å². The minimum absolute atomic E-state index is 0.337. The number of rotatable bonds is 3. The minimum Gasteiger partial charge on any atom is -0.294 e. The highest BCUT2D eigenvalue weighted by Gasteiger charge is 2.56. The molecule has 0 atom stereocenters. The van der Waals surface area contributed by atoms with E-state index in [4.69, 9.17) is 0 Å². The first-order valence-electron chi connectivity index (χ1n) is 5.36. The van der Waals surface area contributed by atoms with E-state index in [-0.39, 0.29) is 0 Å². The lowest BCUT2D eigenvalue weighted by molar-refractivity contribution is -0.103. The molecular formula is C13H14O. The van der Waals surface area contributed by atoms with Crippen LogP contribution < -0.4 is 0 Å². The predicted octanol–water partition coefficient (Wildman–Crippen LogP) is 3.06. The van der Waals surface area contributed by atoms with Gasteiger partial charge in [0.25, 0.3) is 0 Å². The summed E-state index contributed by atoms with van der Waals surface area (Å²) >= 11 is 0. The van der Waals surface area contributed by atoms with Crippen LogP contribution in [-0.4, -0.2) is 5.78 Å². The highest BCUT2D eigenvalue weighted by Crippen LogP contribution is 2.66. The lowest BCUT2D eigenvalue weighted by Gasteiger charge is -2.62. The van der Waals surface area contributed by atoms with E-state index < -0.39 is 0 Å². The third-order valence-corrected chi connectivity index (χ3v) is 3.80. The van der Waals surface area contributed by atoms with Crippen LogP contribution in [0.4, 0.5) is 0 Å². The standard InChI is InChI=1S/C13H14O/c14-12(11-4-2-1-3-5-11)9-13-6-10(7-13)8-13/h1-5,10H,6-9H2. The summed E-state index contributed by atoms with van der Waals surface area (Å²) in [5.74, 6) is 1.31. The molecule has 3 aliphatic carbocycles. The summed E-state index contributed by atoms with van der Waals surface area (Å²) in [4.78, 5) is 11.9. The van der Waals surface area contributed by atoms with E-state index in [0.29, 0.717) is 11.2 Å². The van der Waals surface area contributed by atoms with Crippen LogP contribution in [-0.2, 0) is 0 Å². The van der Waals surface area contributed by atoms with Gasteiger partial charge in [0.2, 0.25) is 0 Å². The van der Waals surface area contributed by atoms with Crippen molar-refractivity contribution in [2.75, 3.05) is 0 Å². The molecule has 2 bridgehead atoms. The van der Waals surface area contributed by atoms with Crippen molar-refractivity contribution >= 4 is 5.78 Å². The zero-order valence-electron chi connectivity index (χ0n) is 8.20. The van der Waals surface area contributed by atoms with E-state index in [9.17, 15) is 4.79 Å². The normalized spacial score (nSPS) is 33.0. The van der Waals surface area contributed by atoms with Crippen LogP contribution in [0.15, 0.2) is 30.3 Å². The molecule has 0 aliphatic heterocycles. The SMILES string of the molecule is O=C(CC12CC(C1)C2)c1ccccc1. The van der Waals surface area contributed by atoms with Crippen molar-refractivity contribution in [1.29, 1.82) is 0 Å². The van der Waals surface area contributed by atoms with Gasteiger partial charge in [-0.2, -0.15) is 0 Å². The molecule has 1 nitrogen and oxygen atoms in total. The molecule has 1 aromatic carbocycles. The van der Waals surface area contributed by atoms with Crippen molar-refractivity contribution < 1.29 is 4.79 Å². The topological polar surface area (TPSA) is 17.1 Å². The van der Waals surface area contributed by atoms with Gasteiger partial charge in [0, 0.05) is 12.0 Å². The highest BCUT2D eigenvalue weighted by molar-refractivity contribution is 5.96. The molecule has 3 fully saturated rings. The van der Waals surface area contributed by atoms with Gasteiger partial charge >= 0.3 is 0 Å². The molecule has 14 heavy (non-hydrogen) atoms. The fourth-order valence-electron chi connectivity index (χ4n) is 2.94. The molecule has 0 heterocycles. The summed E-state index contributed by atoms with van der Waals surface area (Å²) < 4.78 is 0. The molecule has 0 N–H and O–H groups in total. The molecule has 1 aromatic rings. The Morgan fingerprint density at radius 2 is 1.86 bits per heavy atom. The second-order valence-electron chi connectivity index (χ2n) is 4.94. The maximum Gasteiger partial charge on any atom is 0.163 e. The molecule has 3 saturated carbocycles. The van der Waals surface area contributed by atoms with Gasteiger partial charge in [0.05, 0.1) is 0 Å². The first-order valence-corrected chi connectivity index (χ1v) is 5.36. The summed E-state index contributed by atoms with van der Waals surface area (Å²) in [6, 6.07) is 9.68. The number of Topliss-reactive ketones (excluding diaryl/α,β-unsaturated/α-hetero) is 1. The molecule has 3 aliphatic rings. The van der Waals surface area contributed by atoms with Crippen molar-refractivity contribution in [2.24, 2.45) is 11.3 Å². The Kier molecular flexibility index (Phi) is 1.58. The molecule has 0 aromatic heterocycles. The van der Waals surface area contributed by atoms with E-state index in [2.05, 4.69) is 0 Å². The van der Waals surface area contributed by atoms with E-state index in [1.54, 1.807) is 0 Å². The van der Waals surface area contributed by atoms with Crippen LogP contribution >= 0.6 is 0 Å². The van der Waals surface area contributed by atoms with Gasteiger partial charge in [-0.05, 0) is 30.6 Å². The minimum atomic E-state index is 0.337. The Bertz CT molecular complexity index is 349. The van der Waals surface area contributed by atoms with Crippen LogP contribution in [0.2, 0.25) is 0 Å². The number of benzene rings is 1. The smallest absolute Gasteiger partial charge is 0.163 e. The Morgan fingerprint density at radius 1 is 1.21 bits per heavy atom. The number of carbonyl (C=O) groups is 1. The first-order chi connectivity index (χ1) is 6.77. The van der Waals surface area contributed by atoms with E-state index in [1.165, 1.54) is 19.3 Å². The van der Waals surface area contributed by atoms with Crippen molar-refractivity contribution in [3.8, 4) is 0 Å². The maximum atomic E-state index is 11.9. The zero-order chi connectivity index (χ0) is 9.60. The fraction of sp³-hybridized carbons (Fsp3) is 0.462. The van der Waals surface area contributed by atoms with E-state index >= 15 is 0 Å². The molecular weight excluding hydrogens is 172 g/mol. The van der Waals surface area contributed by atoms with Gasteiger partial charge in [-0.3, -0.25) is 4.79 Å². The van der Waals surface area contributed by atoms with E-state index in [0.717, 1.165) is 17.9 Å². The fourth-order valence-corrected chi connectivity index (χ4v) is 2.94. The number of carbonyl (C=O) groups excluding carboxylic acids is 1. The van der Waals surface area contributed by atoms with E-state index in [1.807, 2.05) is 30.3 Å². The second kappa shape index (κ2) is 2.69. The van der Waals surface area contributed by atoms with Gasteiger partial charge in [-0.25, -0.2) is 0 Å². The molecule has 0 spiro atoms. The summed E-state index contributed by atoms with van der Waals surface area (Å²) in [7, 11) is 0. The third kappa shape index (κ3) is 1.12. The maximum absolute atomic E-state index is 11.9. The Morgan fingerprint density at radius 3 is 2.36 bits per heavy atom. The van der Waals surface area contributed by atoms with Crippen LogP contribution in [0.1, 0.15) is 36.0 Å². The second-order valence-corrected chi connectivity index (χ2v) is 4.94. The molecule has 0 saturated heterocycles. The lowest BCUT2D eigenvalue weighted by atomic mass is 9.43. The Labute approximate surface area is 84.1 Å². The molecule has 0 amide bonds. The molecule has 0 unspecified atom stereocenters. The number of hydrogen-bond donors (Lipinski definition) is 0. The van der Waals surface area contributed by atoms with Crippen LogP contribution in [0.3, 0.4) is 0 Å². The predicted molar refractivity (Wildman–Crippen MR) is 55.2 cm³/mol. The summed E-state index contributed by atoms with van der Waals surface area (Å²) in [5, 5.41) is 0. The van der Waals surface area contributed by atoms with Crippen molar-refractivity contribution in [3.05, 3.63) is 35.9 Å². The lowest BCUT2D eigenvalue weighted by Crippen LogP contribution is -2.52. The summed E-state index contributed by atoms with van der Waals surface area (Å²) in [6.45, 7) is 0. The van der Waals surface area contributed by atoms with Gasteiger partial charge in [0.1, 0.15) is 0 Å². The van der Waals surface area contributed by atoms with Crippen molar-refractivity contribution in [3.63, 3.8) is 0 Å².